The van der Waals surface area contributed by atoms with Gasteiger partial charge in [0.1, 0.15) is 0 Å². The predicted molar refractivity (Wildman–Crippen MR) is 103 cm³/mol. The molecule has 0 saturated carbocycles. The Bertz CT molecular complexity index is 860. The van der Waals surface area contributed by atoms with Crippen molar-refractivity contribution in [2.45, 2.75) is 18.6 Å². The molecule has 1 aliphatic heterocycles. The number of benzene rings is 1. The highest BCUT2D eigenvalue weighted by Gasteiger charge is 2.39. The lowest BCUT2D eigenvalue weighted by Gasteiger charge is -2.27. The van der Waals surface area contributed by atoms with Crippen molar-refractivity contribution in [2.75, 3.05) is 0 Å². The molecule has 2 aromatic heterocycles. The first-order valence-electron chi connectivity index (χ1n) is 8.36. The molecule has 3 heterocycles. The molecule has 25 heavy (non-hydrogen) atoms. The third-order valence-corrected chi connectivity index (χ3v) is 4.94. The minimum absolute atomic E-state index is 0.0415. The second kappa shape index (κ2) is 6.69. The maximum absolute atomic E-state index is 5.68. The number of pyridine rings is 1. The number of nitrogens with one attached hydrogen (secondary N) is 1. The molecule has 3 aromatic rings. The van der Waals surface area contributed by atoms with E-state index < -0.39 is 0 Å². The monoisotopic (exact) mass is 348 g/mol. The van der Waals surface area contributed by atoms with Crippen molar-refractivity contribution in [3.05, 3.63) is 90.0 Å². The molecule has 126 valence electrons. The summed E-state index contributed by atoms with van der Waals surface area (Å²) in [6.07, 6.45) is 6.07. The zero-order chi connectivity index (χ0) is 17.2. The van der Waals surface area contributed by atoms with E-state index in [2.05, 4.69) is 68.6 Å². The van der Waals surface area contributed by atoms with Gasteiger partial charge in [-0.2, -0.15) is 0 Å². The molecule has 1 aliphatic rings. The van der Waals surface area contributed by atoms with Gasteiger partial charge in [0, 0.05) is 32.2 Å². The molecule has 0 amide bonds. The van der Waals surface area contributed by atoms with Crippen LogP contribution in [0.2, 0.25) is 0 Å². The van der Waals surface area contributed by atoms with Gasteiger partial charge in [-0.1, -0.05) is 36.4 Å². The largest absolute Gasteiger partial charge is 0.357 e. The minimum Gasteiger partial charge on any atom is -0.357 e. The van der Waals surface area contributed by atoms with Gasteiger partial charge in [0.2, 0.25) is 0 Å². The van der Waals surface area contributed by atoms with Crippen LogP contribution >= 0.6 is 12.2 Å². The summed E-state index contributed by atoms with van der Waals surface area (Å²) in [4.78, 5) is 6.83. The Morgan fingerprint density at radius 3 is 2.56 bits per heavy atom. The van der Waals surface area contributed by atoms with Crippen molar-refractivity contribution in [3.8, 4) is 0 Å². The van der Waals surface area contributed by atoms with E-state index in [1.807, 2.05) is 31.4 Å². The topological polar surface area (TPSA) is 33.1 Å². The van der Waals surface area contributed by atoms with E-state index in [1.165, 1.54) is 11.1 Å². The first-order chi connectivity index (χ1) is 12.2. The molecule has 0 bridgehead atoms. The second-order valence-corrected chi connectivity index (χ2v) is 6.74. The summed E-state index contributed by atoms with van der Waals surface area (Å²) in [5.74, 6) is 0. The summed E-state index contributed by atoms with van der Waals surface area (Å²) >= 11 is 5.68. The van der Waals surface area contributed by atoms with Crippen LogP contribution in [-0.2, 0) is 13.6 Å². The van der Waals surface area contributed by atoms with Crippen LogP contribution in [0, 0.1) is 0 Å². The molecule has 4 nitrogen and oxygen atoms in total. The number of aromatic nitrogens is 2. The number of hydrogen-bond acceptors (Lipinski definition) is 2. The summed E-state index contributed by atoms with van der Waals surface area (Å²) < 4.78 is 2.08. The summed E-state index contributed by atoms with van der Waals surface area (Å²) in [6, 6.07) is 18.8. The van der Waals surface area contributed by atoms with Crippen molar-refractivity contribution in [3.63, 3.8) is 0 Å². The Kier molecular flexibility index (Phi) is 4.24. The second-order valence-electron chi connectivity index (χ2n) is 6.35. The van der Waals surface area contributed by atoms with Crippen LogP contribution < -0.4 is 5.32 Å². The Balaban J connectivity index is 1.72. The number of aryl methyl sites for hydroxylation is 1. The molecule has 0 unspecified atom stereocenters. The normalized spacial score (nSPS) is 19.9. The first-order valence-corrected chi connectivity index (χ1v) is 8.77. The summed E-state index contributed by atoms with van der Waals surface area (Å²) in [6.45, 7) is 0.773. The summed E-state index contributed by atoms with van der Waals surface area (Å²) in [7, 11) is 2.04. The lowest BCUT2D eigenvalue weighted by molar-refractivity contribution is 0.311. The fourth-order valence-electron chi connectivity index (χ4n) is 3.42. The van der Waals surface area contributed by atoms with Crippen molar-refractivity contribution in [1.82, 2.24) is 19.8 Å². The Morgan fingerprint density at radius 2 is 1.88 bits per heavy atom. The first kappa shape index (κ1) is 15.8. The van der Waals surface area contributed by atoms with Gasteiger partial charge in [0.25, 0.3) is 0 Å². The van der Waals surface area contributed by atoms with Gasteiger partial charge < -0.3 is 14.8 Å². The van der Waals surface area contributed by atoms with Crippen LogP contribution in [0.25, 0.3) is 0 Å². The molecule has 1 saturated heterocycles. The number of thiocarbonyl (C=S) groups is 1. The van der Waals surface area contributed by atoms with E-state index in [0.717, 1.165) is 17.4 Å². The van der Waals surface area contributed by atoms with Crippen LogP contribution in [0.1, 0.15) is 28.9 Å². The zero-order valence-corrected chi connectivity index (χ0v) is 14.9. The third-order valence-electron chi connectivity index (χ3n) is 4.59. The van der Waals surface area contributed by atoms with Crippen LogP contribution in [0.3, 0.4) is 0 Å². The molecule has 2 atom stereocenters. The van der Waals surface area contributed by atoms with Crippen molar-refractivity contribution in [2.24, 2.45) is 7.05 Å². The molecule has 0 aliphatic carbocycles. The molecule has 5 heteroatoms. The zero-order valence-electron chi connectivity index (χ0n) is 14.0. The van der Waals surface area contributed by atoms with Crippen molar-refractivity contribution in [1.29, 1.82) is 0 Å². The highest BCUT2D eigenvalue weighted by Crippen LogP contribution is 2.39. The van der Waals surface area contributed by atoms with E-state index >= 15 is 0 Å². The molecule has 1 fully saturated rings. The van der Waals surface area contributed by atoms with Gasteiger partial charge in [0.05, 0.1) is 17.8 Å². The molecule has 1 N–H and O–H groups in total. The van der Waals surface area contributed by atoms with Gasteiger partial charge in [-0.15, -0.1) is 0 Å². The van der Waals surface area contributed by atoms with Gasteiger partial charge in [-0.25, -0.2) is 0 Å². The smallest absolute Gasteiger partial charge is 0.170 e. The van der Waals surface area contributed by atoms with E-state index in [-0.39, 0.29) is 12.1 Å². The minimum atomic E-state index is 0.0415. The molecule has 0 radical (unpaired) electrons. The van der Waals surface area contributed by atoms with Crippen LogP contribution in [0.4, 0.5) is 0 Å². The van der Waals surface area contributed by atoms with E-state index in [4.69, 9.17) is 12.2 Å². The Labute approximate surface area is 153 Å². The standard InChI is InChI=1S/C20H20N4S/c1-23-12-10-16(14-23)19-18(17-9-5-6-11-21-17)22-20(25)24(19)13-15-7-3-2-4-8-15/h2-12,14,18-19H,13H2,1H3,(H,22,25)/t18-,19-/m0/s1. The van der Waals surface area contributed by atoms with Gasteiger partial charge >= 0.3 is 0 Å². The van der Waals surface area contributed by atoms with E-state index in [1.54, 1.807) is 0 Å². The van der Waals surface area contributed by atoms with Crippen molar-refractivity contribution < 1.29 is 0 Å². The lowest BCUT2D eigenvalue weighted by Crippen LogP contribution is -2.29. The maximum atomic E-state index is 5.68. The highest BCUT2D eigenvalue weighted by atomic mass is 32.1. The van der Waals surface area contributed by atoms with Crippen LogP contribution in [-0.4, -0.2) is 19.6 Å². The number of rotatable bonds is 4. The summed E-state index contributed by atoms with van der Waals surface area (Å²) in [5.41, 5.74) is 3.49. The van der Waals surface area contributed by atoms with Crippen LogP contribution in [0.5, 0.6) is 0 Å². The van der Waals surface area contributed by atoms with Gasteiger partial charge in [-0.3, -0.25) is 4.98 Å². The summed E-state index contributed by atoms with van der Waals surface area (Å²) in [5, 5.41) is 4.26. The quantitative estimate of drug-likeness (QED) is 0.731. The fraction of sp³-hybridized carbons (Fsp3) is 0.200. The van der Waals surface area contributed by atoms with Gasteiger partial charge in [-0.05, 0) is 41.5 Å². The lowest BCUT2D eigenvalue weighted by atomic mass is 9.99. The molecule has 0 spiro atoms. The molecular formula is C20H20N4S. The highest BCUT2D eigenvalue weighted by molar-refractivity contribution is 7.80. The molecule has 4 rings (SSSR count). The average molecular weight is 348 g/mol. The Morgan fingerprint density at radius 1 is 1.08 bits per heavy atom. The number of nitrogens with zero attached hydrogens (tertiary/aromatic N) is 3. The Hall–Kier alpha value is -2.66. The maximum Gasteiger partial charge on any atom is 0.170 e. The van der Waals surface area contributed by atoms with Crippen molar-refractivity contribution >= 4 is 17.3 Å². The fourth-order valence-corrected chi connectivity index (χ4v) is 3.72. The van der Waals surface area contributed by atoms with E-state index in [0.29, 0.717) is 0 Å². The predicted octanol–water partition coefficient (Wildman–Crippen LogP) is 3.59. The third kappa shape index (κ3) is 3.15. The molecular weight excluding hydrogens is 328 g/mol. The number of hydrogen-bond donors (Lipinski definition) is 1. The van der Waals surface area contributed by atoms with E-state index in [9.17, 15) is 0 Å². The van der Waals surface area contributed by atoms with Gasteiger partial charge in [0.15, 0.2) is 5.11 Å². The van der Waals surface area contributed by atoms with Crippen LogP contribution in [0.15, 0.2) is 73.2 Å². The molecule has 1 aromatic carbocycles. The SMILES string of the molecule is Cn1ccc([C@H]2[C@H](c3ccccn3)NC(=S)N2Cc2ccccc2)c1. The average Bonchev–Trinajstić information content (AvgIpc) is 3.20.